The number of esters is 1. The number of anilines is 1. The summed E-state index contributed by atoms with van der Waals surface area (Å²) < 4.78 is 6.34. The molecule has 0 radical (unpaired) electrons. The number of pyridine rings is 1. The molecule has 5 rings (SSSR count). The van der Waals surface area contributed by atoms with Crippen LogP contribution in [-0.4, -0.2) is 70.2 Å². The summed E-state index contributed by atoms with van der Waals surface area (Å²) in [6.45, 7) is 14.8. The quantitative estimate of drug-likeness (QED) is 0.242. The highest BCUT2D eigenvalue weighted by molar-refractivity contribution is 8.00. The number of ketones is 1. The van der Waals surface area contributed by atoms with Crippen LogP contribution in [0.15, 0.2) is 36.0 Å². The smallest absolute Gasteiger partial charge is 0.316 e. The number of aliphatic hydroxyl groups is 1. The summed E-state index contributed by atoms with van der Waals surface area (Å²) in [6.07, 6.45) is 9.67. The van der Waals surface area contributed by atoms with Gasteiger partial charge < -0.3 is 15.2 Å². The summed E-state index contributed by atoms with van der Waals surface area (Å²) in [5.74, 6) is -0.242. The first-order chi connectivity index (χ1) is 19.9. The fraction of sp³-hybridized carbons (Fsp3) is 0.697. The molecule has 9 heteroatoms. The zero-order chi connectivity index (χ0) is 30.3. The largest absolute Gasteiger partial charge is 0.461 e. The van der Waals surface area contributed by atoms with Crippen molar-refractivity contribution < 1.29 is 24.2 Å². The Balaban J connectivity index is 1.31. The monoisotopic (exact) mass is 597 g/mol. The molecule has 4 aliphatic rings. The van der Waals surface area contributed by atoms with Gasteiger partial charge in [-0.05, 0) is 74.9 Å². The van der Waals surface area contributed by atoms with E-state index in [9.17, 15) is 19.5 Å². The van der Waals surface area contributed by atoms with Gasteiger partial charge in [0.15, 0.2) is 0 Å². The van der Waals surface area contributed by atoms with Crippen molar-refractivity contribution in [2.45, 2.75) is 89.7 Å². The number of carbonyl (C=O) groups excluding carboxylic acids is 3. The predicted octanol–water partition coefficient (Wildman–Crippen LogP) is 5.11. The van der Waals surface area contributed by atoms with Gasteiger partial charge in [0.1, 0.15) is 11.9 Å². The van der Waals surface area contributed by atoms with Crippen LogP contribution in [0, 0.1) is 34.0 Å². The van der Waals surface area contributed by atoms with Crippen molar-refractivity contribution in [1.29, 1.82) is 0 Å². The lowest BCUT2D eigenvalue weighted by Gasteiger charge is -2.61. The maximum Gasteiger partial charge on any atom is 0.316 e. The predicted molar refractivity (Wildman–Crippen MR) is 164 cm³/mol. The van der Waals surface area contributed by atoms with Gasteiger partial charge in [-0.2, -0.15) is 0 Å². The number of Topliss-reactive ketones (excluding diaryl/α,β-unsaturated/α-hetero) is 1. The lowest BCUT2D eigenvalue weighted by atomic mass is 9.44. The summed E-state index contributed by atoms with van der Waals surface area (Å²) >= 11 is 1.31. The zero-order valence-electron chi connectivity index (χ0n) is 25.6. The number of carbonyl (C=O) groups is 3. The minimum atomic E-state index is -0.688. The standard InChI is InChI=1S/C33H47N3O5S/c1-6-31(4)16-26(32(5)21(2)9-11-33(22(3)30(31)40)12-10-25(37)29(32)33)41-28(39)20-42-24-15-23(17-34-18-24)35-27(38)19-36-13-7-8-14-36/h6,15,17-18,21-22,26,29-30,40H,1,7-14,16,19-20H2,2-5H3,(H,35,38)/t21-,22+,26-,29+,30+,31-,32+,33+/m1/s1. The van der Waals surface area contributed by atoms with E-state index in [4.69, 9.17) is 4.74 Å². The van der Waals surface area contributed by atoms with Gasteiger partial charge in [0.05, 0.1) is 30.3 Å². The highest BCUT2D eigenvalue weighted by Crippen LogP contribution is 2.68. The van der Waals surface area contributed by atoms with Gasteiger partial charge >= 0.3 is 5.97 Å². The van der Waals surface area contributed by atoms with Crippen LogP contribution < -0.4 is 5.32 Å². The number of nitrogens with zero attached hydrogens (tertiary/aromatic N) is 2. The van der Waals surface area contributed by atoms with Crippen LogP contribution in [0.2, 0.25) is 0 Å². The summed E-state index contributed by atoms with van der Waals surface area (Å²) in [5.41, 5.74) is -0.897. The molecule has 3 saturated carbocycles. The number of aromatic nitrogens is 1. The van der Waals surface area contributed by atoms with Gasteiger partial charge in [-0.25, -0.2) is 0 Å². The SMILES string of the molecule is C=C[C@]1(C)C[C@@H](OC(=O)CSc2cncc(NC(=O)CN3CCCC3)c2)[C@]2(C)[C@H](C)CC[C@]3(CCC(=O)[C@H]32)[C@@H](C)[C@@H]1O. The van der Waals surface area contributed by atoms with Crippen LogP contribution in [0.5, 0.6) is 0 Å². The Bertz CT molecular complexity index is 1220. The second-order valence-corrected chi connectivity index (χ2v) is 14.8. The van der Waals surface area contributed by atoms with E-state index < -0.39 is 23.0 Å². The van der Waals surface area contributed by atoms with Crippen molar-refractivity contribution in [3.8, 4) is 0 Å². The first-order valence-corrected chi connectivity index (χ1v) is 16.6. The average molecular weight is 598 g/mol. The topological polar surface area (TPSA) is 109 Å². The first-order valence-electron chi connectivity index (χ1n) is 15.6. The summed E-state index contributed by atoms with van der Waals surface area (Å²) in [6, 6.07) is 1.82. The Morgan fingerprint density at radius 3 is 2.69 bits per heavy atom. The van der Waals surface area contributed by atoms with Crippen molar-refractivity contribution >= 4 is 35.1 Å². The lowest BCUT2D eigenvalue weighted by Crippen LogP contribution is -2.63. The van der Waals surface area contributed by atoms with E-state index in [1.165, 1.54) is 11.8 Å². The molecule has 1 amide bonds. The normalized spacial score (nSPS) is 38.3. The number of ether oxygens (including phenoxy) is 1. The van der Waals surface area contributed by atoms with Crippen molar-refractivity contribution in [2.24, 2.45) is 34.0 Å². The van der Waals surface area contributed by atoms with Gasteiger partial charge in [-0.3, -0.25) is 24.3 Å². The zero-order valence-corrected chi connectivity index (χ0v) is 26.4. The number of rotatable bonds is 8. The van der Waals surface area contributed by atoms with Crippen molar-refractivity contribution in [1.82, 2.24) is 9.88 Å². The van der Waals surface area contributed by atoms with Crippen LogP contribution >= 0.6 is 11.8 Å². The molecular formula is C33H47N3O5S. The molecule has 4 fully saturated rings. The van der Waals surface area contributed by atoms with E-state index in [1.807, 2.05) is 19.1 Å². The second kappa shape index (κ2) is 12.0. The third-order valence-electron chi connectivity index (χ3n) is 11.5. The van der Waals surface area contributed by atoms with Crippen molar-refractivity contribution in [3.63, 3.8) is 0 Å². The van der Waals surface area contributed by atoms with Gasteiger partial charge in [-0.15, -0.1) is 18.3 Å². The molecule has 1 aromatic heterocycles. The number of aliphatic hydroxyl groups excluding tert-OH is 1. The number of thioether (sulfide) groups is 1. The molecule has 2 bridgehead atoms. The third-order valence-corrected chi connectivity index (χ3v) is 12.4. The number of nitrogens with one attached hydrogen (secondary N) is 1. The van der Waals surface area contributed by atoms with Crippen LogP contribution in [0.3, 0.4) is 0 Å². The number of amides is 1. The number of hydrogen-bond donors (Lipinski definition) is 2. The molecule has 1 aliphatic heterocycles. The summed E-state index contributed by atoms with van der Waals surface area (Å²) in [7, 11) is 0. The molecular weight excluding hydrogens is 550 g/mol. The van der Waals surface area contributed by atoms with E-state index >= 15 is 0 Å². The molecule has 2 N–H and O–H groups in total. The maximum atomic E-state index is 13.6. The fourth-order valence-corrected chi connectivity index (χ4v) is 9.45. The van der Waals surface area contributed by atoms with E-state index in [1.54, 1.807) is 12.4 Å². The maximum absolute atomic E-state index is 13.6. The minimum absolute atomic E-state index is 0.0633. The Hall–Kier alpha value is -2.23. The lowest BCUT2D eigenvalue weighted by molar-refractivity contribution is -0.205. The van der Waals surface area contributed by atoms with Gasteiger partial charge in [0, 0.05) is 34.3 Å². The molecule has 8 atom stereocenters. The Morgan fingerprint density at radius 2 is 1.98 bits per heavy atom. The molecule has 3 aliphatic carbocycles. The second-order valence-electron chi connectivity index (χ2n) is 13.8. The molecule has 8 nitrogen and oxygen atoms in total. The molecule has 0 unspecified atom stereocenters. The van der Waals surface area contributed by atoms with Crippen LogP contribution in [0.25, 0.3) is 0 Å². The highest BCUT2D eigenvalue weighted by atomic mass is 32.2. The molecule has 1 aromatic rings. The van der Waals surface area contributed by atoms with Gasteiger partial charge in [0.25, 0.3) is 0 Å². The van der Waals surface area contributed by atoms with Gasteiger partial charge in [0.2, 0.25) is 5.91 Å². The molecule has 0 aromatic carbocycles. The highest BCUT2D eigenvalue weighted by Gasteiger charge is 2.68. The fourth-order valence-electron chi connectivity index (χ4n) is 8.75. The molecule has 0 spiro atoms. The summed E-state index contributed by atoms with van der Waals surface area (Å²) in [5, 5.41) is 14.6. The third kappa shape index (κ3) is 5.57. The molecule has 42 heavy (non-hydrogen) atoms. The number of hydrogen-bond acceptors (Lipinski definition) is 8. The van der Waals surface area contributed by atoms with Crippen molar-refractivity contribution in [2.75, 3.05) is 30.7 Å². The van der Waals surface area contributed by atoms with Gasteiger partial charge in [-0.1, -0.05) is 33.8 Å². The number of likely N-dealkylation sites (tertiary alicyclic amines) is 1. The van der Waals surface area contributed by atoms with Crippen LogP contribution in [0.4, 0.5) is 5.69 Å². The van der Waals surface area contributed by atoms with E-state index in [2.05, 4.69) is 42.6 Å². The summed E-state index contributed by atoms with van der Waals surface area (Å²) in [4.78, 5) is 46.7. The Morgan fingerprint density at radius 1 is 1.24 bits per heavy atom. The van der Waals surface area contributed by atoms with E-state index in [0.29, 0.717) is 25.1 Å². The van der Waals surface area contributed by atoms with Crippen molar-refractivity contribution in [3.05, 3.63) is 31.1 Å². The Labute approximate surface area is 254 Å². The average Bonchev–Trinajstić information content (AvgIpc) is 3.60. The first kappa shape index (κ1) is 31.2. The molecule has 230 valence electrons. The van der Waals surface area contributed by atoms with E-state index in [0.717, 1.165) is 50.1 Å². The molecule has 2 heterocycles. The van der Waals surface area contributed by atoms with E-state index in [-0.39, 0.29) is 46.6 Å². The molecule has 1 saturated heterocycles. The Kier molecular flexibility index (Phi) is 8.95. The van der Waals surface area contributed by atoms with Crippen LogP contribution in [-0.2, 0) is 19.1 Å². The van der Waals surface area contributed by atoms with Crippen LogP contribution in [0.1, 0.15) is 72.6 Å². The minimum Gasteiger partial charge on any atom is -0.461 e.